The quantitative estimate of drug-likeness (QED) is 0.106. The lowest BCUT2D eigenvalue weighted by Crippen LogP contribution is -2.27. The number of fused-ring (bicyclic) bond motifs is 6. The Hall–Kier alpha value is -8.73. The number of rotatable bonds is 9. The Balaban J connectivity index is 0.966. The minimum Gasteiger partial charge on any atom is -0.310 e. The molecule has 1 aliphatic rings. The number of benzene rings is 10. The number of nitrogens with zero attached hydrogens (tertiary/aromatic N) is 4. The molecule has 4 nitrogen and oxygen atoms in total. The Morgan fingerprint density at radius 3 is 1.49 bits per heavy atom. The van der Waals surface area contributed by atoms with Gasteiger partial charge < -0.3 is 9.47 Å². The lowest BCUT2D eigenvalue weighted by molar-refractivity contribution is 0.660. The molecule has 0 N–H and O–H groups in total. The Bertz CT molecular complexity index is 3630. The van der Waals surface area contributed by atoms with Gasteiger partial charge in [0.2, 0.25) is 0 Å². The van der Waals surface area contributed by atoms with E-state index in [0.717, 1.165) is 67.7 Å². The van der Waals surface area contributed by atoms with E-state index >= 15 is 0 Å². The molecular weight excluding hydrogens is 837 g/mol. The molecule has 330 valence electrons. The van der Waals surface area contributed by atoms with Crippen molar-refractivity contribution in [1.82, 2.24) is 4.57 Å². The van der Waals surface area contributed by atoms with Crippen molar-refractivity contribution in [3.8, 4) is 39.1 Å². The van der Waals surface area contributed by atoms with Gasteiger partial charge >= 0.3 is 0 Å². The second kappa shape index (κ2) is 17.2. The molecule has 0 saturated carbocycles. The Morgan fingerprint density at radius 1 is 0.391 bits per heavy atom. The van der Waals surface area contributed by atoms with E-state index in [9.17, 15) is 0 Å². The first-order valence-electron chi connectivity index (χ1n) is 23.8. The van der Waals surface area contributed by atoms with Crippen LogP contribution in [0.4, 0.5) is 28.4 Å². The molecule has 0 bridgehead atoms. The molecule has 0 atom stereocenters. The molecule has 0 unspecified atom stereocenters. The zero-order valence-corrected chi connectivity index (χ0v) is 39.0. The maximum atomic E-state index is 4.98. The highest BCUT2D eigenvalue weighted by Crippen LogP contribution is 2.51. The van der Waals surface area contributed by atoms with Gasteiger partial charge in [0.15, 0.2) is 0 Å². The molecule has 0 spiro atoms. The van der Waals surface area contributed by atoms with Crippen LogP contribution in [0.3, 0.4) is 0 Å². The van der Waals surface area contributed by atoms with Gasteiger partial charge in [-0.2, -0.15) is 0 Å². The number of aromatic nitrogens is 1. The summed E-state index contributed by atoms with van der Waals surface area (Å²) >= 11 is 0. The van der Waals surface area contributed by atoms with E-state index in [4.69, 9.17) is 4.99 Å². The minimum absolute atomic E-state index is 0.119. The predicted octanol–water partition coefficient (Wildman–Crippen LogP) is 17.1. The van der Waals surface area contributed by atoms with Crippen LogP contribution >= 0.6 is 0 Å². The third-order valence-electron chi connectivity index (χ3n) is 14.0. The highest BCUT2D eigenvalue weighted by molar-refractivity contribution is 6.18. The number of aliphatic imine (C=N–C) groups is 1. The smallest absolute Gasteiger partial charge is 0.139 e. The van der Waals surface area contributed by atoms with Crippen molar-refractivity contribution in [2.24, 2.45) is 4.99 Å². The molecule has 0 fully saturated rings. The lowest BCUT2D eigenvalue weighted by Gasteiger charge is -2.28. The third kappa shape index (κ3) is 7.29. The first kappa shape index (κ1) is 41.7. The summed E-state index contributed by atoms with van der Waals surface area (Å²) in [6.07, 6.45) is 0. The lowest BCUT2D eigenvalue weighted by atomic mass is 9.82. The van der Waals surface area contributed by atoms with Crippen LogP contribution in [0.1, 0.15) is 30.5 Å². The van der Waals surface area contributed by atoms with Crippen molar-refractivity contribution in [3.63, 3.8) is 0 Å². The molecule has 11 aromatic rings. The van der Waals surface area contributed by atoms with Crippen LogP contribution in [0.25, 0.3) is 60.9 Å². The second-order valence-electron chi connectivity index (χ2n) is 18.4. The first-order valence-corrected chi connectivity index (χ1v) is 23.8. The molecule has 1 aromatic heterocycles. The van der Waals surface area contributed by atoms with Crippen LogP contribution in [0, 0.1) is 0 Å². The van der Waals surface area contributed by atoms with E-state index in [1.54, 1.807) is 0 Å². The van der Waals surface area contributed by atoms with E-state index < -0.39 is 0 Å². The molecular formula is C65H50N4. The van der Waals surface area contributed by atoms with Crippen LogP contribution < -0.4 is 9.80 Å². The zero-order valence-electron chi connectivity index (χ0n) is 39.0. The van der Waals surface area contributed by atoms with Gasteiger partial charge in [0.25, 0.3) is 0 Å². The van der Waals surface area contributed by atoms with E-state index in [1.165, 1.54) is 44.2 Å². The van der Waals surface area contributed by atoms with Crippen LogP contribution in [-0.4, -0.2) is 17.5 Å². The highest BCUT2D eigenvalue weighted by atomic mass is 15.2. The Kier molecular flexibility index (Phi) is 10.4. The van der Waals surface area contributed by atoms with Crippen LogP contribution in [-0.2, 0) is 5.41 Å². The van der Waals surface area contributed by atoms with Crippen molar-refractivity contribution < 1.29 is 0 Å². The average Bonchev–Trinajstić information content (AvgIpc) is 3.86. The number of hydrogen-bond donors (Lipinski definition) is 0. The summed E-state index contributed by atoms with van der Waals surface area (Å²) in [6, 6.07) is 89.9. The molecule has 12 rings (SSSR count). The molecule has 0 saturated heterocycles. The standard InChI is InChI=1S/C65H50N4/c1-65(2)60-27-17-16-26-56(60)57-39-38-55(44-61(57)65)67(53-34-28-46(29-35-53)45-18-8-4-9-19-45)54-36-30-47(31-37-54)48-32-40-62-58(42-48)59-43-49(33-41-63(59)69(62)52-24-14-7-15-25-52)64(66-3)68(50-20-10-5-11-21-50)51-22-12-6-13-23-51/h4-44H,1-3H3/b66-64+. The van der Waals surface area contributed by atoms with Gasteiger partial charge in [0.05, 0.1) is 11.0 Å². The number of anilines is 5. The highest BCUT2D eigenvalue weighted by Gasteiger charge is 2.35. The topological polar surface area (TPSA) is 23.8 Å². The van der Waals surface area contributed by atoms with Gasteiger partial charge in [0, 0.05) is 62.9 Å². The second-order valence-corrected chi connectivity index (χ2v) is 18.4. The Labute approximate surface area is 404 Å². The van der Waals surface area contributed by atoms with Crippen molar-refractivity contribution in [1.29, 1.82) is 0 Å². The fourth-order valence-electron chi connectivity index (χ4n) is 10.6. The SMILES string of the molecule is C/N=C(\c1ccc2c(c1)c1cc(-c3ccc(N(c4ccc(-c5ccccc5)cc4)c4ccc5c(c4)C(C)(C)c4ccccc4-5)cc3)ccc1n2-c1ccccc1)N(c1ccccc1)c1ccccc1. The van der Waals surface area contributed by atoms with Crippen molar-refractivity contribution >= 4 is 56.1 Å². The number of para-hydroxylation sites is 3. The molecule has 69 heavy (non-hydrogen) atoms. The minimum atomic E-state index is -0.119. The van der Waals surface area contributed by atoms with Gasteiger partial charge in [-0.3, -0.25) is 9.89 Å². The van der Waals surface area contributed by atoms with Crippen molar-refractivity contribution in [2.45, 2.75) is 19.3 Å². The monoisotopic (exact) mass is 886 g/mol. The maximum absolute atomic E-state index is 4.98. The van der Waals surface area contributed by atoms with Gasteiger partial charge in [0.1, 0.15) is 5.84 Å². The largest absolute Gasteiger partial charge is 0.310 e. The summed E-state index contributed by atoms with van der Waals surface area (Å²) in [5.74, 6) is 0.873. The van der Waals surface area contributed by atoms with Gasteiger partial charge in [-0.1, -0.05) is 159 Å². The fourth-order valence-corrected chi connectivity index (χ4v) is 10.6. The third-order valence-corrected chi connectivity index (χ3v) is 14.0. The molecule has 0 amide bonds. The molecule has 4 heteroatoms. The Morgan fingerprint density at radius 2 is 0.870 bits per heavy atom. The van der Waals surface area contributed by atoms with E-state index in [1.807, 2.05) is 7.05 Å². The van der Waals surface area contributed by atoms with Gasteiger partial charge in [-0.25, -0.2) is 0 Å². The normalized spacial score (nSPS) is 12.8. The number of hydrogen-bond acceptors (Lipinski definition) is 2. The van der Waals surface area contributed by atoms with E-state index in [0.29, 0.717) is 0 Å². The van der Waals surface area contributed by atoms with Crippen molar-refractivity contribution in [3.05, 3.63) is 265 Å². The molecule has 0 radical (unpaired) electrons. The summed E-state index contributed by atoms with van der Waals surface area (Å²) in [7, 11) is 1.89. The summed E-state index contributed by atoms with van der Waals surface area (Å²) in [4.78, 5) is 9.62. The summed E-state index contributed by atoms with van der Waals surface area (Å²) in [5, 5.41) is 2.35. The predicted molar refractivity (Wildman–Crippen MR) is 291 cm³/mol. The molecule has 0 aliphatic heterocycles. The zero-order chi connectivity index (χ0) is 46.5. The van der Waals surface area contributed by atoms with Crippen LogP contribution in [0.15, 0.2) is 254 Å². The average molecular weight is 887 g/mol. The van der Waals surface area contributed by atoms with Gasteiger partial charge in [-0.15, -0.1) is 0 Å². The number of amidine groups is 1. The summed E-state index contributed by atoms with van der Waals surface area (Å²) in [5.41, 5.74) is 19.8. The molecule has 1 heterocycles. The first-order chi connectivity index (χ1) is 33.9. The van der Waals surface area contributed by atoms with Gasteiger partial charge in [-0.05, 0) is 148 Å². The van der Waals surface area contributed by atoms with E-state index in [-0.39, 0.29) is 5.41 Å². The summed E-state index contributed by atoms with van der Waals surface area (Å²) < 4.78 is 2.38. The van der Waals surface area contributed by atoms with Crippen LogP contribution in [0.2, 0.25) is 0 Å². The molecule has 10 aromatic carbocycles. The van der Waals surface area contributed by atoms with E-state index in [2.05, 4.69) is 277 Å². The summed E-state index contributed by atoms with van der Waals surface area (Å²) in [6.45, 7) is 4.70. The van der Waals surface area contributed by atoms with Crippen molar-refractivity contribution in [2.75, 3.05) is 16.8 Å². The fraction of sp³-hybridized carbons (Fsp3) is 0.0615. The molecule has 1 aliphatic carbocycles. The maximum Gasteiger partial charge on any atom is 0.139 e. The van der Waals surface area contributed by atoms with Crippen LogP contribution in [0.5, 0.6) is 0 Å².